The highest BCUT2D eigenvalue weighted by Crippen LogP contribution is 2.18. The molecule has 0 aromatic rings. The molecule has 5 nitrogen and oxygen atoms in total. The summed E-state index contributed by atoms with van der Waals surface area (Å²) < 4.78 is 0. The van der Waals surface area contributed by atoms with Gasteiger partial charge in [0.1, 0.15) is 0 Å². The Labute approximate surface area is 121 Å². The van der Waals surface area contributed by atoms with Gasteiger partial charge in [-0.25, -0.2) is 0 Å². The first-order valence-corrected chi connectivity index (χ1v) is 7.92. The Morgan fingerprint density at radius 2 is 1.80 bits per heavy atom. The second-order valence-electron chi connectivity index (χ2n) is 6.09. The third-order valence-electron chi connectivity index (χ3n) is 4.48. The largest absolute Gasteiger partial charge is 0.359 e. The highest BCUT2D eigenvalue weighted by Gasteiger charge is 2.28. The van der Waals surface area contributed by atoms with Crippen molar-refractivity contribution in [3.05, 3.63) is 0 Å². The molecule has 20 heavy (non-hydrogen) atoms. The summed E-state index contributed by atoms with van der Waals surface area (Å²) >= 11 is 0. The first-order valence-electron chi connectivity index (χ1n) is 7.92. The second-order valence-corrected chi connectivity index (χ2v) is 6.09. The monoisotopic (exact) mass is 281 g/mol. The molecule has 2 N–H and O–H groups in total. The van der Waals surface area contributed by atoms with Gasteiger partial charge in [0.2, 0.25) is 11.8 Å². The van der Waals surface area contributed by atoms with E-state index in [1.54, 1.807) is 7.05 Å². The lowest BCUT2D eigenvalue weighted by atomic mass is 10.1. The van der Waals surface area contributed by atoms with Crippen LogP contribution in [0.25, 0.3) is 0 Å². The van der Waals surface area contributed by atoms with Crippen molar-refractivity contribution in [1.29, 1.82) is 0 Å². The lowest BCUT2D eigenvalue weighted by molar-refractivity contribution is -0.125. The normalized spacial score (nSPS) is 25.1. The number of likely N-dealkylation sites (tertiary alicyclic amines) is 1. The molecular weight excluding hydrogens is 254 g/mol. The van der Waals surface area contributed by atoms with E-state index in [4.69, 9.17) is 0 Å². The number of nitrogens with one attached hydrogen (secondary N) is 2. The van der Waals surface area contributed by atoms with E-state index < -0.39 is 0 Å². The van der Waals surface area contributed by atoms with Crippen molar-refractivity contribution in [2.45, 2.75) is 51.0 Å². The minimum absolute atomic E-state index is 0.0469. The van der Waals surface area contributed by atoms with Crippen LogP contribution >= 0.6 is 0 Å². The number of nitrogens with zero attached hydrogens (tertiary/aromatic N) is 1. The Bertz CT molecular complexity index is 338. The maximum atomic E-state index is 12.1. The molecule has 1 heterocycles. The van der Waals surface area contributed by atoms with Crippen LogP contribution < -0.4 is 10.6 Å². The summed E-state index contributed by atoms with van der Waals surface area (Å²) in [5.74, 6) is 0.261. The average Bonchev–Trinajstić information content (AvgIpc) is 2.74. The van der Waals surface area contributed by atoms with Crippen LogP contribution in [-0.2, 0) is 9.59 Å². The molecule has 0 aromatic carbocycles. The fourth-order valence-electron chi connectivity index (χ4n) is 3.29. The van der Waals surface area contributed by atoms with Gasteiger partial charge in [0.05, 0.1) is 12.5 Å². The molecule has 1 saturated heterocycles. The van der Waals surface area contributed by atoms with E-state index in [0.717, 1.165) is 25.8 Å². The zero-order valence-electron chi connectivity index (χ0n) is 12.5. The maximum absolute atomic E-state index is 12.1. The van der Waals surface area contributed by atoms with Gasteiger partial charge in [-0.15, -0.1) is 0 Å². The molecule has 0 radical (unpaired) electrons. The SMILES string of the molecule is CNC(=O)C1CCN(CC(=O)NC2CCCCCC2)C1. The number of rotatable bonds is 4. The summed E-state index contributed by atoms with van der Waals surface area (Å²) in [5, 5.41) is 5.85. The van der Waals surface area contributed by atoms with E-state index >= 15 is 0 Å². The Kier molecular flexibility index (Phi) is 5.83. The van der Waals surface area contributed by atoms with Gasteiger partial charge in [0.25, 0.3) is 0 Å². The minimum atomic E-state index is 0.0469. The molecule has 5 heteroatoms. The predicted octanol–water partition coefficient (Wildman–Crippen LogP) is 0.893. The summed E-state index contributed by atoms with van der Waals surface area (Å²) in [6, 6.07) is 0.363. The number of hydrogen-bond donors (Lipinski definition) is 2. The first kappa shape index (κ1) is 15.3. The first-order chi connectivity index (χ1) is 9.69. The van der Waals surface area contributed by atoms with Gasteiger partial charge in [-0.2, -0.15) is 0 Å². The standard InChI is InChI=1S/C15H27N3O2/c1-16-15(20)12-8-9-18(10-12)11-14(19)17-13-6-4-2-3-5-7-13/h12-13H,2-11H2,1H3,(H,16,20)(H,17,19). The molecule has 1 aliphatic heterocycles. The Balaban J connectivity index is 1.70. The number of carbonyl (C=O) groups excluding carboxylic acids is 2. The van der Waals surface area contributed by atoms with Crippen LogP contribution in [0.15, 0.2) is 0 Å². The molecule has 2 rings (SSSR count). The smallest absolute Gasteiger partial charge is 0.234 e. The summed E-state index contributed by atoms with van der Waals surface area (Å²) in [6.07, 6.45) is 8.15. The molecular formula is C15H27N3O2. The third-order valence-corrected chi connectivity index (χ3v) is 4.48. The highest BCUT2D eigenvalue weighted by atomic mass is 16.2. The number of hydrogen-bond acceptors (Lipinski definition) is 3. The Morgan fingerprint density at radius 1 is 1.10 bits per heavy atom. The molecule has 1 saturated carbocycles. The fourth-order valence-corrected chi connectivity index (χ4v) is 3.29. The van der Waals surface area contributed by atoms with Crippen LogP contribution in [0.1, 0.15) is 44.9 Å². The lowest BCUT2D eigenvalue weighted by Gasteiger charge is -2.20. The Morgan fingerprint density at radius 3 is 2.45 bits per heavy atom. The van der Waals surface area contributed by atoms with E-state index in [9.17, 15) is 9.59 Å². The number of carbonyl (C=O) groups is 2. The maximum Gasteiger partial charge on any atom is 0.234 e. The fraction of sp³-hybridized carbons (Fsp3) is 0.867. The highest BCUT2D eigenvalue weighted by molar-refractivity contribution is 5.80. The predicted molar refractivity (Wildman–Crippen MR) is 78.2 cm³/mol. The van der Waals surface area contributed by atoms with Crippen molar-refractivity contribution in [2.75, 3.05) is 26.7 Å². The van der Waals surface area contributed by atoms with E-state index in [-0.39, 0.29) is 17.7 Å². The number of amides is 2. The lowest BCUT2D eigenvalue weighted by Crippen LogP contribution is -2.41. The molecule has 0 spiro atoms. The molecule has 114 valence electrons. The van der Waals surface area contributed by atoms with Gasteiger partial charge in [-0.1, -0.05) is 25.7 Å². The molecule has 2 aliphatic rings. The van der Waals surface area contributed by atoms with Crippen molar-refractivity contribution in [3.63, 3.8) is 0 Å². The van der Waals surface area contributed by atoms with E-state index in [1.807, 2.05) is 0 Å². The molecule has 1 unspecified atom stereocenters. The second kappa shape index (κ2) is 7.62. The van der Waals surface area contributed by atoms with Crippen molar-refractivity contribution < 1.29 is 9.59 Å². The van der Waals surface area contributed by atoms with Crippen LogP contribution in [-0.4, -0.2) is 49.4 Å². The average molecular weight is 281 g/mol. The van der Waals surface area contributed by atoms with Crippen LogP contribution in [0.2, 0.25) is 0 Å². The van der Waals surface area contributed by atoms with Crippen LogP contribution in [0.4, 0.5) is 0 Å². The van der Waals surface area contributed by atoms with E-state index in [0.29, 0.717) is 19.1 Å². The van der Waals surface area contributed by atoms with Crippen molar-refractivity contribution in [1.82, 2.24) is 15.5 Å². The molecule has 0 aromatic heterocycles. The molecule has 2 amide bonds. The van der Waals surface area contributed by atoms with Crippen molar-refractivity contribution in [3.8, 4) is 0 Å². The zero-order valence-corrected chi connectivity index (χ0v) is 12.5. The van der Waals surface area contributed by atoms with Crippen molar-refractivity contribution in [2.24, 2.45) is 5.92 Å². The summed E-state index contributed by atoms with van der Waals surface area (Å²) in [4.78, 5) is 25.7. The van der Waals surface area contributed by atoms with E-state index in [1.165, 1.54) is 25.7 Å². The van der Waals surface area contributed by atoms with Gasteiger partial charge in [-0.3, -0.25) is 14.5 Å². The van der Waals surface area contributed by atoms with Crippen molar-refractivity contribution >= 4 is 11.8 Å². The van der Waals surface area contributed by atoms with E-state index in [2.05, 4.69) is 15.5 Å². The van der Waals surface area contributed by atoms with Crippen LogP contribution in [0.3, 0.4) is 0 Å². The summed E-state index contributed by atoms with van der Waals surface area (Å²) in [7, 11) is 1.67. The molecule has 0 bridgehead atoms. The molecule has 2 fully saturated rings. The van der Waals surface area contributed by atoms with Gasteiger partial charge in [0.15, 0.2) is 0 Å². The topological polar surface area (TPSA) is 61.4 Å². The van der Waals surface area contributed by atoms with Gasteiger partial charge >= 0.3 is 0 Å². The summed E-state index contributed by atoms with van der Waals surface area (Å²) in [5.41, 5.74) is 0. The Hall–Kier alpha value is -1.10. The van der Waals surface area contributed by atoms with Crippen LogP contribution in [0, 0.1) is 5.92 Å². The minimum Gasteiger partial charge on any atom is -0.359 e. The third kappa shape index (κ3) is 4.47. The van der Waals surface area contributed by atoms with Gasteiger partial charge < -0.3 is 10.6 Å². The van der Waals surface area contributed by atoms with Gasteiger partial charge in [0, 0.05) is 19.6 Å². The van der Waals surface area contributed by atoms with Crippen LogP contribution in [0.5, 0.6) is 0 Å². The quantitative estimate of drug-likeness (QED) is 0.753. The molecule has 1 atom stereocenters. The molecule has 1 aliphatic carbocycles. The van der Waals surface area contributed by atoms with Gasteiger partial charge in [-0.05, 0) is 25.8 Å². The zero-order chi connectivity index (χ0) is 14.4. The summed E-state index contributed by atoms with van der Waals surface area (Å²) in [6.45, 7) is 1.98.